The maximum atomic E-state index is 12.3. The largest absolute Gasteiger partial charge is 0.326 e. The molecule has 27 heavy (non-hydrogen) atoms. The zero-order valence-corrected chi connectivity index (χ0v) is 15.7. The first kappa shape index (κ1) is 18.6. The molecule has 7 heteroatoms. The number of rotatable bonds is 6. The Kier molecular flexibility index (Phi) is 5.49. The SMILES string of the molecule is CCC(=O)Nc1ccc(Nc2ncc3ccc(=O)n(C(C)CC)c3n2)cc1. The lowest BCUT2D eigenvalue weighted by atomic mass is 10.2. The van der Waals surface area contributed by atoms with E-state index >= 15 is 0 Å². The van der Waals surface area contributed by atoms with Crippen LogP contribution >= 0.6 is 0 Å². The lowest BCUT2D eigenvalue weighted by molar-refractivity contribution is -0.115. The molecule has 2 heterocycles. The lowest BCUT2D eigenvalue weighted by Gasteiger charge is -2.16. The molecule has 7 nitrogen and oxygen atoms in total. The number of carbonyl (C=O) groups is 1. The van der Waals surface area contributed by atoms with Crippen molar-refractivity contribution in [3.8, 4) is 0 Å². The van der Waals surface area contributed by atoms with E-state index in [-0.39, 0.29) is 17.5 Å². The summed E-state index contributed by atoms with van der Waals surface area (Å²) in [4.78, 5) is 32.6. The van der Waals surface area contributed by atoms with Gasteiger partial charge in [0.2, 0.25) is 11.9 Å². The van der Waals surface area contributed by atoms with E-state index < -0.39 is 0 Å². The monoisotopic (exact) mass is 365 g/mol. The first-order valence-electron chi connectivity index (χ1n) is 9.07. The first-order valence-corrected chi connectivity index (χ1v) is 9.07. The summed E-state index contributed by atoms with van der Waals surface area (Å²) in [5.74, 6) is 0.382. The third-order valence-corrected chi connectivity index (χ3v) is 4.44. The average Bonchev–Trinajstić information content (AvgIpc) is 2.68. The van der Waals surface area contributed by atoms with Crippen LogP contribution in [0.4, 0.5) is 17.3 Å². The number of benzene rings is 1. The highest BCUT2D eigenvalue weighted by atomic mass is 16.1. The van der Waals surface area contributed by atoms with E-state index in [2.05, 4.69) is 20.6 Å². The number of nitrogens with one attached hydrogen (secondary N) is 2. The maximum absolute atomic E-state index is 12.3. The summed E-state index contributed by atoms with van der Waals surface area (Å²) in [5.41, 5.74) is 2.06. The quantitative estimate of drug-likeness (QED) is 0.692. The highest BCUT2D eigenvalue weighted by Gasteiger charge is 2.11. The Morgan fingerprint density at radius 2 is 1.81 bits per heavy atom. The molecule has 0 saturated heterocycles. The summed E-state index contributed by atoms with van der Waals surface area (Å²) in [5, 5.41) is 6.76. The number of hydrogen-bond donors (Lipinski definition) is 2. The molecule has 0 spiro atoms. The molecule has 0 saturated carbocycles. The molecule has 0 fully saturated rings. The first-order chi connectivity index (χ1) is 13.0. The van der Waals surface area contributed by atoms with Gasteiger partial charge < -0.3 is 10.6 Å². The molecule has 3 aromatic rings. The molecule has 1 aromatic carbocycles. The zero-order chi connectivity index (χ0) is 19.4. The molecule has 2 aromatic heterocycles. The Morgan fingerprint density at radius 1 is 1.11 bits per heavy atom. The summed E-state index contributed by atoms with van der Waals surface area (Å²) in [6.45, 7) is 5.84. The predicted molar refractivity (Wildman–Crippen MR) is 107 cm³/mol. The van der Waals surface area contributed by atoms with E-state index in [0.717, 1.165) is 23.2 Å². The van der Waals surface area contributed by atoms with Crippen molar-refractivity contribution < 1.29 is 4.79 Å². The van der Waals surface area contributed by atoms with Gasteiger partial charge in [-0.1, -0.05) is 13.8 Å². The second-order valence-electron chi connectivity index (χ2n) is 6.38. The lowest BCUT2D eigenvalue weighted by Crippen LogP contribution is -2.23. The van der Waals surface area contributed by atoms with Crippen molar-refractivity contribution >= 4 is 34.3 Å². The minimum atomic E-state index is -0.0717. The summed E-state index contributed by atoms with van der Waals surface area (Å²) in [7, 11) is 0. The average molecular weight is 365 g/mol. The van der Waals surface area contributed by atoms with Gasteiger partial charge in [0, 0.05) is 41.5 Å². The molecule has 0 bridgehead atoms. The molecule has 3 rings (SSSR count). The fourth-order valence-electron chi connectivity index (χ4n) is 2.72. The van der Waals surface area contributed by atoms with Crippen molar-refractivity contribution in [1.29, 1.82) is 0 Å². The molecular formula is C20H23N5O2. The number of amides is 1. The summed E-state index contributed by atoms with van der Waals surface area (Å²) < 4.78 is 1.70. The Balaban J connectivity index is 1.89. The molecule has 1 atom stereocenters. The third-order valence-electron chi connectivity index (χ3n) is 4.44. The van der Waals surface area contributed by atoms with E-state index in [1.807, 2.05) is 38.1 Å². The van der Waals surface area contributed by atoms with E-state index in [1.165, 1.54) is 0 Å². The number of anilines is 3. The van der Waals surface area contributed by atoms with Gasteiger partial charge in [-0.25, -0.2) is 4.98 Å². The zero-order valence-electron chi connectivity index (χ0n) is 15.7. The van der Waals surface area contributed by atoms with Gasteiger partial charge in [0.1, 0.15) is 5.65 Å². The normalized spacial score (nSPS) is 12.0. The second kappa shape index (κ2) is 7.99. The number of aromatic nitrogens is 3. The van der Waals surface area contributed by atoms with Crippen LogP contribution in [-0.2, 0) is 4.79 Å². The van der Waals surface area contributed by atoms with Crippen LogP contribution in [0.25, 0.3) is 11.0 Å². The highest BCUT2D eigenvalue weighted by Crippen LogP contribution is 2.20. The molecule has 0 radical (unpaired) electrons. The fourth-order valence-corrected chi connectivity index (χ4v) is 2.72. The van der Waals surface area contributed by atoms with Crippen molar-refractivity contribution in [3.63, 3.8) is 0 Å². The molecule has 140 valence electrons. The van der Waals surface area contributed by atoms with Crippen LogP contribution in [0.15, 0.2) is 47.4 Å². The number of carbonyl (C=O) groups excluding carboxylic acids is 1. The van der Waals surface area contributed by atoms with Crippen molar-refractivity contribution in [2.24, 2.45) is 0 Å². The summed E-state index contributed by atoms with van der Waals surface area (Å²) in [6, 6.07) is 10.6. The van der Waals surface area contributed by atoms with Crippen LogP contribution in [0, 0.1) is 0 Å². The second-order valence-corrected chi connectivity index (χ2v) is 6.38. The fraction of sp³-hybridized carbons (Fsp3) is 0.300. The Morgan fingerprint density at radius 3 is 2.48 bits per heavy atom. The van der Waals surface area contributed by atoms with Crippen LogP contribution in [0.5, 0.6) is 0 Å². The Hall–Kier alpha value is -3.22. The van der Waals surface area contributed by atoms with Gasteiger partial charge in [0.15, 0.2) is 0 Å². The Bertz CT molecular complexity index is 1010. The topological polar surface area (TPSA) is 88.9 Å². The maximum Gasteiger partial charge on any atom is 0.252 e. The predicted octanol–water partition coefficient (Wildman–Crippen LogP) is 3.85. The Labute approximate surface area is 157 Å². The van der Waals surface area contributed by atoms with Crippen LogP contribution in [0.1, 0.15) is 39.7 Å². The number of pyridine rings is 1. The number of fused-ring (bicyclic) bond motifs is 1. The van der Waals surface area contributed by atoms with Crippen molar-refractivity contribution in [2.75, 3.05) is 10.6 Å². The van der Waals surface area contributed by atoms with Crippen LogP contribution in [0.3, 0.4) is 0 Å². The highest BCUT2D eigenvalue weighted by molar-refractivity contribution is 5.90. The molecular weight excluding hydrogens is 342 g/mol. The van der Waals surface area contributed by atoms with Crippen molar-refractivity contribution in [2.45, 2.75) is 39.7 Å². The van der Waals surface area contributed by atoms with Gasteiger partial charge >= 0.3 is 0 Å². The van der Waals surface area contributed by atoms with Gasteiger partial charge in [-0.05, 0) is 43.7 Å². The van der Waals surface area contributed by atoms with Crippen molar-refractivity contribution in [3.05, 3.63) is 52.9 Å². The molecule has 1 unspecified atom stereocenters. The summed E-state index contributed by atoms with van der Waals surface area (Å²) in [6.07, 6.45) is 2.97. The minimum Gasteiger partial charge on any atom is -0.326 e. The van der Waals surface area contributed by atoms with E-state index in [4.69, 9.17) is 0 Å². The smallest absolute Gasteiger partial charge is 0.252 e. The van der Waals surface area contributed by atoms with Gasteiger partial charge in [-0.15, -0.1) is 0 Å². The molecule has 2 N–H and O–H groups in total. The number of nitrogens with zero attached hydrogens (tertiary/aromatic N) is 3. The summed E-state index contributed by atoms with van der Waals surface area (Å²) >= 11 is 0. The van der Waals surface area contributed by atoms with Gasteiger partial charge in [0.05, 0.1) is 0 Å². The van der Waals surface area contributed by atoms with Gasteiger partial charge in [0.25, 0.3) is 5.56 Å². The molecule has 0 aliphatic heterocycles. The van der Waals surface area contributed by atoms with Gasteiger partial charge in [-0.2, -0.15) is 4.98 Å². The third kappa shape index (κ3) is 4.13. The van der Waals surface area contributed by atoms with Crippen LogP contribution < -0.4 is 16.2 Å². The molecule has 0 aliphatic rings. The standard InChI is InChI=1S/C20H23N5O2/c1-4-13(3)25-18(27)11-6-14-12-21-20(24-19(14)25)23-16-9-7-15(8-10-16)22-17(26)5-2/h6-13H,4-5H2,1-3H3,(H,22,26)(H,21,23,24). The van der Waals surface area contributed by atoms with E-state index in [1.54, 1.807) is 29.8 Å². The molecule has 1 amide bonds. The minimum absolute atomic E-state index is 0.0309. The number of hydrogen-bond acceptors (Lipinski definition) is 5. The van der Waals surface area contributed by atoms with Gasteiger partial charge in [-0.3, -0.25) is 14.2 Å². The van der Waals surface area contributed by atoms with Crippen LogP contribution in [-0.4, -0.2) is 20.4 Å². The van der Waals surface area contributed by atoms with Crippen molar-refractivity contribution in [1.82, 2.24) is 14.5 Å². The van der Waals surface area contributed by atoms with Crippen LogP contribution in [0.2, 0.25) is 0 Å². The van der Waals surface area contributed by atoms with E-state index in [0.29, 0.717) is 18.0 Å². The molecule has 0 aliphatic carbocycles. The van der Waals surface area contributed by atoms with E-state index in [9.17, 15) is 9.59 Å².